The summed E-state index contributed by atoms with van der Waals surface area (Å²) in [6, 6.07) is 4.21. The molecule has 1 atom stereocenters. The summed E-state index contributed by atoms with van der Waals surface area (Å²) in [5, 5.41) is 3.54. The van der Waals surface area contributed by atoms with Gasteiger partial charge in [-0.3, -0.25) is 9.69 Å². The van der Waals surface area contributed by atoms with E-state index in [1.165, 1.54) is 6.42 Å². The molecule has 1 saturated heterocycles. The standard InChI is InChI=1S/C16H24ClN3O/c1-11-7-12(2)16(14(17)8-11)19-15(21)10-20-6-4-3-5-13(20)9-18/h7-8,13H,3-6,9-10,18H2,1-2H3,(H,19,21). The Hall–Kier alpha value is -1.10. The third-order valence-electron chi connectivity index (χ3n) is 4.06. The van der Waals surface area contributed by atoms with Gasteiger partial charge in [-0.05, 0) is 50.4 Å². The Morgan fingerprint density at radius 1 is 1.43 bits per heavy atom. The van der Waals surface area contributed by atoms with E-state index in [0.29, 0.717) is 29.8 Å². The first-order chi connectivity index (χ1) is 10.0. The van der Waals surface area contributed by atoms with Crippen LogP contribution in [-0.2, 0) is 4.79 Å². The van der Waals surface area contributed by atoms with E-state index in [1.807, 2.05) is 26.0 Å². The van der Waals surface area contributed by atoms with Crippen LogP contribution in [0.15, 0.2) is 12.1 Å². The minimum atomic E-state index is -0.0239. The SMILES string of the molecule is Cc1cc(C)c(NC(=O)CN2CCCCC2CN)c(Cl)c1. The molecule has 1 aliphatic rings. The lowest BCUT2D eigenvalue weighted by Crippen LogP contribution is -2.47. The minimum Gasteiger partial charge on any atom is -0.329 e. The predicted octanol–water partition coefficient (Wildman–Crippen LogP) is 2.71. The number of amides is 1. The summed E-state index contributed by atoms with van der Waals surface area (Å²) in [6.07, 6.45) is 3.41. The zero-order valence-electron chi connectivity index (χ0n) is 12.8. The lowest BCUT2D eigenvalue weighted by Gasteiger charge is -2.34. The van der Waals surface area contributed by atoms with Crippen LogP contribution in [-0.4, -0.2) is 36.5 Å². The average Bonchev–Trinajstić information content (AvgIpc) is 2.43. The fraction of sp³-hybridized carbons (Fsp3) is 0.562. The van der Waals surface area contributed by atoms with Gasteiger partial charge >= 0.3 is 0 Å². The number of nitrogens with one attached hydrogen (secondary N) is 1. The number of halogens is 1. The fourth-order valence-electron chi connectivity index (χ4n) is 2.97. The second-order valence-corrected chi connectivity index (χ2v) is 6.25. The van der Waals surface area contributed by atoms with Crippen LogP contribution in [0.3, 0.4) is 0 Å². The molecule has 1 fully saturated rings. The molecule has 4 nitrogen and oxygen atoms in total. The van der Waals surface area contributed by atoms with Gasteiger partial charge in [0.05, 0.1) is 17.3 Å². The topological polar surface area (TPSA) is 58.4 Å². The number of benzene rings is 1. The number of hydrogen-bond donors (Lipinski definition) is 2. The number of nitrogens with two attached hydrogens (primary N) is 1. The molecule has 116 valence electrons. The molecule has 21 heavy (non-hydrogen) atoms. The van der Waals surface area contributed by atoms with Crippen molar-refractivity contribution >= 4 is 23.2 Å². The Labute approximate surface area is 131 Å². The maximum absolute atomic E-state index is 12.3. The summed E-state index contributed by atoms with van der Waals surface area (Å²) < 4.78 is 0. The quantitative estimate of drug-likeness (QED) is 0.899. The van der Waals surface area contributed by atoms with Gasteiger partial charge < -0.3 is 11.1 Å². The highest BCUT2D eigenvalue weighted by Crippen LogP contribution is 2.27. The second-order valence-electron chi connectivity index (χ2n) is 5.84. The van der Waals surface area contributed by atoms with E-state index in [4.69, 9.17) is 17.3 Å². The van der Waals surface area contributed by atoms with Crippen LogP contribution in [0, 0.1) is 13.8 Å². The molecule has 3 N–H and O–H groups in total. The first kappa shape index (κ1) is 16.3. The van der Waals surface area contributed by atoms with Crippen LogP contribution in [0.4, 0.5) is 5.69 Å². The van der Waals surface area contributed by atoms with Crippen molar-refractivity contribution in [1.82, 2.24) is 4.90 Å². The largest absolute Gasteiger partial charge is 0.329 e. The molecule has 0 radical (unpaired) electrons. The van der Waals surface area contributed by atoms with Gasteiger partial charge in [-0.1, -0.05) is 24.1 Å². The molecule has 0 aliphatic carbocycles. The van der Waals surface area contributed by atoms with Crippen molar-refractivity contribution < 1.29 is 4.79 Å². The average molecular weight is 310 g/mol. The monoisotopic (exact) mass is 309 g/mol. The van der Waals surface area contributed by atoms with E-state index in [2.05, 4.69) is 10.2 Å². The van der Waals surface area contributed by atoms with E-state index in [0.717, 1.165) is 30.5 Å². The summed E-state index contributed by atoms with van der Waals surface area (Å²) in [4.78, 5) is 14.5. The highest BCUT2D eigenvalue weighted by molar-refractivity contribution is 6.34. The molecule has 1 aromatic rings. The number of rotatable bonds is 4. The van der Waals surface area contributed by atoms with Crippen molar-refractivity contribution in [3.63, 3.8) is 0 Å². The van der Waals surface area contributed by atoms with Gasteiger partial charge in [0.1, 0.15) is 0 Å². The molecule has 1 unspecified atom stereocenters. The number of nitrogens with zero attached hydrogens (tertiary/aromatic N) is 1. The molecule has 1 heterocycles. The molecule has 1 aromatic carbocycles. The van der Waals surface area contributed by atoms with E-state index in [1.54, 1.807) is 0 Å². The summed E-state index contributed by atoms with van der Waals surface area (Å²) in [5.74, 6) is -0.0239. The van der Waals surface area contributed by atoms with Crippen molar-refractivity contribution in [2.24, 2.45) is 5.73 Å². The summed E-state index contributed by atoms with van der Waals surface area (Å²) in [6.45, 7) is 5.88. The molecule has 2 rings (SSSR count). The molecule has 1 amide bonds. The predicted molar refractivity (Wildman–Crippen MR) is 87.8 cm³/mol. The smallest absolute Gasteiger partial charge is 0.238 e. The van der Waals surface area contributed by atoms with Crippen LogP contribution in [0.25, 0.3) is 0 Å². The Bertz CT molecular complexity index is 495. The number of aryl methyl sites for hydroxylation is 2. The highest BCUT2D eigenvalue weighted by Gasteiger charge is 2.23. The normalized spacial score (nSPS) is 19.5. The number of hydrogen-bond acceptors (Lipinski definition) is 3. The highest BCUT2D eigenvalue weighted by atomic mass is 35.5. The van der Waals surface area contributed by atoms with E-state index >= 15 is 0 Å². The molecule has 0 bridgehead atoms. The first-order valence-corrected chi connectivity index (χ1v) is 7.89. The molecule has 0 saturated carbocycles. The maximum Gasteiger partial charge on any atom is 0.238 e. The van der Waals surface area contributed by atoms with E-state index in [-0.39, 0.29) is 5.91 Å². The van der Waals surface area contributed by atoms with Gasteiger partial charge in [-0.2, -0.15) is 0 Å². The minimum absolute atomic E-state index is 0.0239. The Balaban J connectivity index is 2.01. The van der Waals surface area contributed by atoms with Crippen LogP contribution in [0.2, 0.25) is 5.02 Å². The Morgan fingerprint density at radius 3 is 2.86 bits per heavy atom. The fourth-order valence-corrected chi connectivity index (χ4v) is 3.34. The van der Waals surface area contributed by atoms with Crippen molar-refractivity contribution in [2.45, 2.75) is 39.2 Å². The van der Waals surface area contributed by atoms with Crippen LogP contribution in [0.1, 0.15) is 30.4 Å². The Kier molecular flexibility index (Phi) is 5.62. The number of piperidine rings is 1. The van der Waals surface area contributed by atoms with Crippen LogP contribution < -0.4 is 11.1 Å². The van der Waals surface area contributed by atoms with Gasteiger partial charge in [0.25, 0.3) is 0 Å². The number of carbonyl (C=O) groups excluding carboxylic acids is 1. The number of carbonyl (C=O) groups is 1. The van der Waals surface area contributed by atoms with Crippen molar-refractivity contribution in [3.05, 3.63) is 28.3 Å². The van der Waals surface area contributed by atoms with Crippen molar-refractivity contribution in [1.29, 1.82) is 0 Å². The Morgan fingerprint density at radius 2 is 2.19 bits per heavy atom. The third-order valence-corrected chi connectivity index (χ3v) is 4.36. The van der Waals surface area contributed by atoms with Gasteiger partial charge in [0.15, 0.2) is 0 Å². The van der Waals surface area contributed by atoms with Gasteiger partial charge in [0, 0.05) is 12.6 Å². The lowest BCUT2D eigenvalue weighted by atomic mass is 10.0. The van der Waals surface area contributed by atoms with Gasteiger partial charge in [-0.25, -0.2) is 0 Å². The molecular weight excluding hydrogens is 286 g/mol. The summed E-state index contributed by atoms with van der Waals surface area (Å²) in [5.41, 5.74) is 8.59. The zero-order chi connectivity index (χ0) is 15.4. The van der Waals surface area contributed by atoms with Gasteiger partial charge in [0.2, 0.25) is 5.91 Å². The van der Waals surface area contributed by atoms with Crippen molar-refractivity contribution in [3.8, 4) is 0 Å². The lowest BCUT2D eigenvalue weighted by molar-refractivity contribution is -0.118. The van der Waals surface area contributed by atoms with Crippen LogP contribution >= 0.6 is 11.6 Å². The third kappa shape index (κ3) is 4.19. The summed E-state index contributed by atoms with van der Waals surface area (Å²) >= 11 is 6.23. The first-order valence-electron chi connectivity index (χ1n) is 7.52. The molecule has 5 heteroatoms. The molecule has 1 aliphatic heterocycles. The molecule has 0 spiro atoms. The van der Waals surface area contributed by atoms with E-state index < -0.39 is 0 Å². The maximum atomic E-state index is 12.3. The molecule has 0 aromatic heterocycles. The number of anilines is 1. The second kappa shape index (κ2) is 7.25. The van der Waals surface area contributed by atoms with Gasteiger partial charge in [-0.15, -0.1) is 0 Å². The number of likely N-dealkylation sites (tertiary alicyclic amines) is 1. The van der Waals surface area contributed by atoms with E-state index in [9.17, 15) is 4.79 Å². The summed E-state index contributed by atoms with van der Waals surface area (Å²) in [7, 11) is 0. The zero-order valence-corrected chi connectivity index (χ0v) is 13.5. The van der Waals surface area contributed by atoms with Crippen LogP contribution in [0.5, 0.6) is 0 Å². The van der Waals surface area contributed by atoms with Crippen molar-refractivity contribution in [2.75, 3.05) is 25.0 Å². The molecular formula is C16H24ClN3O.